The van der Waals surface area contributed by atoms with Gasteiger partial charge in [0.15, 0.2) is 0 Å². The van der Waals surface area contributed by atoms with Crippen molar-refractivity contribution in [3.63, 3.8) is 0 Å². The summed E-state index contributed by atoms with van der Waals surface area (Å²) in [6.45, 7) is 6.47. The van der Waals surface area contributed by atoms with Crippen LogP contribution >= 0.6 is 0 Å². The fourth-order valence-corrected chi connectivity index (χ4v) is 4.43. The Morgan fingerprint density at radius 3 is 2.49 bits per heavy atom. The Balaban J connectivity index is 0.000000265. The molecule has 2 aliphatic rings. The molecule has 4 aromatic rings. The summed E-state index contributed by atoms with van der Waals surface area (Å²) in [7, 11) is 0. The fraction of sp³-hybridized carbons (Fsp3) is 0.407. The van der Waals surface area contributed by atoms with Crippen LogP contribution in [0.25, 0.3) is 22.3 Å². The zero-order chi connectivity index (χ0) is 24.5. The van der Waals surface area contributed by atoms with E-state index in [0.29, 0.717) is 23.3 Å². The van der Waals surface area contributed by atoms with E-state index in [9.17, 15) is 8.78 Å². The maximum absolute atomic E-state index is 14.5. The quantitative estimate of drug-likeness (QED) is 0.357. The van der Waals surface area contributed by atoms with Gasteiger partial charge in [-0.05, 0) is 70.7 Å². The molecule has 2 atom stereocenters. The lowest BCUT2D eigenvalue weighted by Gasteiger charge is -2.27. The van der Waals surface area contributed by atoms with E-state index in [1.54, 1.807) is 0 Å². The van der Waals surface area contributed by atoms with Gasteiger partial charge in [-0.3, -0.25) is 4.68 Å². The largest absolute Gasteiger partial charge is 0.378 e. The molecule has 182 valence electrons. The molecule has 4 heterocycles. The number of rotatable bonds is 3. The van der Waals surface area contributed by atoms with E-state index < -0.39 is 11.6 Å². The number of benzene rings is 1. The average Bonchev–Trinajstić information content (AvgIpc) is 3.54. The van der Waals surface area contributed by atoms with Gasteiger partial charge in [-0.1, -0.05) is 0 Å². The smallest absolute Gasteiger partial charge is 0.135 e. The van der Waals surface area contributed by atoms with E-state index in [1.807, 2.05) is 50.0 Å². The zero-order valence-corrected chi connectivity index (χ0v) is 20.2. The molecule has 1 aliphatic carbocycles. The molecule has 6 nitrogen and oxygen atoms in total. The summed E-state index contributed by atoms with van der Waals surface area (Å²) in [6.07, 6.45) is 8.35. The van der Waals surface area contributed by atoms with Crippen molar-refractivity contribution in [2.45, 2.75) is 64.5 Å². The van der Waals surface area contributed by atoms with Crippen molar-refractivity contribution in [1.29, 1.82) is 0 Å². The maximum atomic E-state index is 14.5. The molecular weight excluding hydrogens is 448 g/mol. The average molecular weight is 478 g/mol. The lowest BCUT2D eigenvalue weighted by atomic mass is 9.91. The molecule has 2 fully saturated rings. The predicted molar refractivity (Wildman–Crippen MR) is 130 cm³/mol. The third kappa shape index (κ3) is 5.22. The summed E-state index contributed by atoms with van der Waals surface area (Å²) < 4.78 is 35.6. The van der Waals surface area contributed by atoms with Crippen LogP contribution in [0.5, 0.6) is 0 Å². The van der Waals surface area contributed by atoms with Crippen molar-refractivity contribution in [1.82, 2.24) is 24.7 Å². The summed E-state index contributed by atoms with van der Waals surface area (Å²) in [5.74, 6) is -1.06. The topological polar surface area (TPSA) is 65.7 Å². The first-order chi connectivity index (χ1) is 16.9. The predicted octanol–water partition coefficient (Wildman–Crippen LogP) is 6.09. The molecule has 0 amide bonds. The Hall–Kier alpha value is -3.26. The summed E-state index contributed by atoms with van der Waals surface area (Å²) in [6, 6.07) is 8.19. The minimum absolute atomic E-state index is 0.151. The number of aromatic nitrogens is 5. The first kappa shape index (κ1) is 23.5. The summed E-state index contributed by atoms with van der Waals surface area (Å²) >= 11 is 0. The molecule has 3 aromatic heterocycles. The third-order valence-corrected chi connectivity index (χ3v) is 6.62. The number of ether oxygens (including phenoxy) is 1. The number of hydrogen-bond acceptors (Lipinski definition) is 5. The molecule has 0 bridgehead atoms. The van der Waals surface area contributed by atoms with Gasteiger partial charge in [0, 0.05) is 42.2 Å². The van der Waals surface area contributed by atoms with Gasteiger partial charge < -0.3 is 4.74 Å². The first-order valence-electron chi connectivity index (χ1n) is 12.1. The van der Waals surface area contributed by atoms with Crippen LogP contribution in [0.2, 0.25) is 0 Å². The van der Waals surface area contributed by atoms with E-state index in [0.717, 1.165) is 42.0 Å². The molecule has 1 aromatic carbocycles. The number of halogens is 2. The first-order valence-corrected chi connectivity index (χ1v) is 12.1. The molecule has 0 spiro atoms. The molecule has 8 heteroatoms. The van der Waals surface area contributed by atoms with Crippen LogP contribution in [0.3, 0.4) is 0 Å². The van der Waals surface area contributed by atoms with Crippen molar-refractivity contribution in [3.8, 4) is 11.3 Å². The highest BCUT2D eigenvalue weighted by Gasteiger charge is 2.25. The summed E-state index contributed by atoms with van der Waals surface area (Å²) in [5, 5.41) is 4.09. The molecular formula is C27H29F2N5O. The number of aryl methyl sites for hydroxylation is 2. The highest BCUT2D eigenvalue weighted by molar-refractivity contribution is 5.89. The lowest BCUT2D eigenvalue weighted by Crippen LogP contribution is -2.22. The molecule has 1 aliphatic heterocycles. The Kier molecular flexibility index (Phi) is 6.56. The molecule has 35 heavy (non-hydrogen) atoms. The van der Waals surface area contributed by atoms with Gasteiger partial charge >= 0.3 is 0 Å². The minimum Gasteiger partial charge on any atom is -0.378 e. The van der Waals surface area contributed by atoms with Crippen molar-refractivity contribution in [3.05, 3.63) is 71.4 Å². The highest BCUT2D eigenvalue weighted by atomic mass is 19.1. The van der Waals surface area contributed by atoms with E-state index in [-0.39, 0.29) is 17.6 Å². The van der Waals surface area contributed by atoms with Gasteiger partial charge in [0.05, 0.1) is 29.1 Å². The standard InChI is InChI=1S/C21H21F2N3O.C6H8N2/c1-11-8-14(6-7-27-11)18-10-19-21(25-13(3)12(2)24-19)20(26-18)16-5-4-15(22)9-17(16)23;1-4-7-8(5-1)6-2-3-6/h4-5,9-11,14H,6-8H2,1-3H3;1,4-6H,2-3H2. The van der Waals surface area contributed by atoms with Gasteiger partial charge in [0.2, 0.25) is 0 Å². The number of fused-ring (bicyclic) bond motifs is 1. The van der Waals surface area contributed by atoms with Crippen LogP contribution in [-0.2, 0) is 4.74 Å². The van der Waals surface area contributed by atoms with E-state index in [2.05, 4.69) is 15.1 Å². The van der Waals surface area contributed by atoms with Gasteiger partial charge in [0.1, 0.15) is 22.8 Å². The molecule has 0 N–H and O–H groups in total. The van der Waals surface area contributed by atoms with Gasteiger partial charge in [-0.25, -0.2) is 23.7 Å². The molecule has 6 rings (SSSR count). The van der Waals surface area contributed by atoms with E-state index in [4.69, 9.17) is 9.72 Å². The normalized spacial score (nSPS) is 19.9. The van der Waals surface area contributed by atoms with Crippen LogP contribution in [0, 0.1) is 25.5 Å². The highest BCUT2D eigenvalue weighted by Crippen LogP contribution is 2.35. The third-order valence-electron chi connectivity index (χ3n) is 6.62. The number of nitrogens with zero attached hydrogens (tertiary/aromatic N) is 5. The second kappa shape index (κ2) is 9.77. The van der Waals surface area contributed by atoms with Crippen molar-refractivity contribution >= 4 is 11.0 Å². The van der Waals surface area contributed by atoms with Crippen LogP contribution in [0.15, 0.2) is 42.7 Å². The molecule has 1 saturated carbocycles. The second-order valence-electron chi connectivity index (χ2n) is 9.40. The van der Waals surface area contributed by atoms with Gasteiger partial charge in [0.25, 0.3) is 0 Å². The van der Waals surface area contributed by atoms with Crippen LogP contribution < -0.4 is 0 Å². The Labute approximate surface area is 203 Å². The molecule has 0 radical (unpaired) electrons. The van der Waals surface area contributed by atoms with Crippen molar-refractivity contribution < 1.29 is 13.5 Å². The monoisotopic (exact) mass is 477 g/mol. The maximum Gasteiger partial charge on any atom is 0.135 e. The lowest BCUT2D eigenvalue weighted by molar-refractivity contribution is 0.0180. The summed E-state index contributed by atoms with van der Waals surface area (Å²) in [5.41, 5.74) is 4.31. The SMILES string of the molecule is Cc1nc2cc(C3CCOC(C)C3)nc(-c3ccc(F)cc3F)c2nc1C.c1cnn(C2CC2)c1. The Morgan fingerprint density at radius 1 is 1.00 bits per heavy atom. The Bertz CT molecular complexity index is 1340. The number of pyridine rings is 1. The minimum atomic E-state index is -0.652. The summed E-state index contributed by atoms with van der Waals surface area (Å²) in [4.78, 5) is 14.0. The Morgan fingerprint density at radius 2 is 1.80 bits per heavy atom. The van der Waals surface area contributed by atoms with E-state index in [1.165, 1.54) is 25.0 Å². The van der Waals surface area contributed by atoms with Gasteiger partial charge in [-0.15, -0.1) is 0 Å². The van der Waals surface area contributed by atoms with Crippen LogP contribution in [0.1, 0.15) is 61.6 Å². The second-order valence-corrected chi connectivity index (χ2v) is 9.40. The van der Waals surface area contributed by atoms with Gasteiger partial charge in [-0.2, -0.15) is 5.10 Å². The number of hydrogen-bond donors (Lipinski definition) is 0. The van der Waals surface area contributed by atoms with Crippen molar-refractivity contribution in [2.24, 2.45) is 0 Å². The van der Waals surface area contributed by atoms with E-state index >= 15 is 0 Å². The molecule has 1 saturated heterocycles. The van der Waals surface area contributed by atoms with Crippen molar-refractivity contribution in [2.75, 3.05) is 6.61 Å². The fourth-order valence-electron chi connectivity index (χ4n) is 4.43. The zero-order valence-electron chi connectivity index (χ0n) is 20.2. The van der Waals surface area contributed by atoms with Crippen LogP contribution in [0.4, 0.5) is 8.78 Å². The van der Waals surface area contributed by atoms with Crippen LogP contribution in [-0.4, -0.2) is 37.4 Å². The molecule has 2 unspecified atom stereocenters.